The minimum absolute atomic E-state index is 0.0914. The van der Waals surface area contributed by atoms with Gasteiger partial charge in [-0.2, -0.15) is 4.31 Å². The fourth-order valence-corrected chi connectivity index (χ4v) is 3.17. The molecular formula is C11H15NO3S. The van der Waals surface area contributed by atoms with Crippen LogP contribution < -0.4 is 0 Å². The van der Waals surface area contributed by atoms with Crippen LogP contribution in [-0.4, -0.2) is 32.1 Å². The van der Waals surface area contributed by atoms with Gasteiger partial charge in [0.15, 0.2) is 0 Å². The fraction of sp³-hybridized carbons (Fsp3) is 0.455. The molecule has 0 bridgehead atoms. The number of sulfonamides is 1. The molecule has 4 nitrogen and oxygen atoms in total. The minimum atomic E-state index is -3.40. The molecule has 0 spiro atoms. The van der Waals surface area contributed by atoms with Gasteiger partial charge in [-0.25, -0.2) is 8.42 Å². The minimum Gasteiger partial charge on any atom is -0.363 e. The summed E-state index contributed by atoms with van der Waals surface area (Å²) in [6.45, 7) is 4.39. The third-order valence-electron chi connectivity index (χ3n) is 2.70. The van der Waals surface area contributed by atoms with Crippen molar-refractivity contribution in [3.8, 4) is 0 Å². The number of benzene rings is 1. The number of ether oxygens (including phenoxy) is 1. The molecule has 1 atom stereocenters. The molecule has 0 amide bonds. The molecule has 0 aromatic heterocycles. The summed E-state index contributed by atoms with van der Waals surface area (Å²) in [6.07, 6.45) is 0. The van der Waals surface area contributed by atoms with E-state index in [1.807, 2.05) is 13.8 Å². The Balaban J connectivity index is 2.35. The lowest BCUT2D eigenvalue weighted by atomic mass is 10.2. The van der Waals surface area contributed by atoms with Gasteiger partial charge in [0.25, 0.3) is 0 Å². The van der Waals surface area contributed by atoms with E-state index in [4.69, 9.17) is 4.74 Å². The van der Waals surface area contributed by atoms with Gasteiger partial charge in [-0.3, -0.25) is 0 Å². The normalized spacial score (nSPS) is 22.5. The van der Waals surface area contributed by atoms with Crippen molar-refractivity contribution in [2.24, 2.45) is 0 Å². The Kier molecular flexibility index (Phi) is 3.01. The van der Waals surface area contributed by atoms with Crippen molar-refractivity contribution < 1.29 is 13.2 Å². The number of aryl methyl sites for hydroxylation is 1. The molecule has 0 radical (unpaired) electrons. The van der Waals surface area contributed by atoms with Crippen LogP contribution in [0.25, 0.3) is 0 Å². The number of nitrogens with zero attached hydrogens (tertiary/aromatic N) is 1. The van der Waals surface area contributed by atoms with Crippen LogP contribution in [-0.2, 0) is 14.8 Å². The molecule has 1 unspecified atom stereocenters. The van der Waals surface area contributed by atoms with Crippen molar-refractivity contribution in [1.82, 2.24) is 4.31 Å². The Morgan fingerprint density at radius 1 is 1.31 bits per heavy atom. The highest BCUT2D eigenvalue weighted by atomic mass is 32.2. The van der Waals surface area contributed by atoms with Crippen molar-refractivity contribution >= 4 is 10.0 Å². The Bertz CT molecular complexity index is 467. The van der Waals surface area contributed by atoms with E-state index in [2.05, 4.69) is 0 Å². The summed E-state index contributed by atoms with van der Waals surface area (Å²) < 4.78 is 30.9. The lowest BCUT2D eigenvalue weighted by Crippen LogP contribution is -2.34. The van der Waals surface area contributed by atoms with Crippen LogP contribution in [0.3, 0.4) is 0 Å². The summed E-state index contributed by atoms with van der Waals surface area (Å²) >= 11 is 0. The lowest BCUT2D eigenvalue weighted by Gasteiger charge is -2.18. The zero-order valence-corrected chi connectivity index (χ0v) is 10.2. The summed E-state index contributed by atoms with van der Waals surface area (Å²) in [7, 11) is -3.40. The molecule has 0 saturated carbocycles. The van der Waals surface area contributed by atoms with Gasteiger partial charge in [-0.1, -0.05) is 17.7 Å². The lowest BCUT2D eigenvalue weighted by molar-refractivity contribution is 0.172. The van der Waals surface area contributed by atoms with Crippen molar-refractivity contribution in [3.05, 3.63) is 29.8 Å². The second-order valence-corrected chi connectivity index (χ2v) is 5.94. The Morgan fingerprint density at radius 3 is 2.44 bits per heavy atom. The maximum Gasteiger partial charge on any atom is 0.245 e. The third-order valence-corrected chi connectivity index (χ3v) is 4.65. The zero-order valence-electron chi connectivity index (χ0n) is 9.38. The van der Waals surface area contributed by atoms with Crippen molar-refractivity contribution in [1.29, 1.82) is 0 Å². The Labute approximate surface area is 95.9 Å². The molecular weight excluding hydrogens is 226 g/mol. The zero-order chi connectivity index (χ0) is 11.8. The molecule has 2 rings (SSSR count). The average molecular weight is 241 g/mol. The highest BCUT2D eigenvalue weighted by Crippen LogP contribution is 2.21. The maximum atomic E-state index is 12.2. The van der Waals surface area contributed by atoms with E-state index < -0.39 is 10.0 Å². The summed E-state index contributed by atoms with van der Waals surface area (Å²) in [4.78, 5) is 0.329. The molecule has 5 heteroatoms. The van der Waals surface area contributed by atoms with Crippen LogP contribution >= 0.6 is 0 Å². The van der Waals surface area contributed by atoms with Gasteiger partial charge in [0.05, 0.1) is 11.5 Å². The largest absolute Gasteiger partial charge is 0.363 e. The van der Waals surface area contributed by atoms with E-state index in [-0.39, 0.29) is 12.8 Å². The van der Waals surface area contributed by atoms with E-state index in [1.165, 1.54) is 4.31 Å². The number of hydrogen-bond donors (Lipinski definition) is 0. The molecule has 1 aromatic carbocycles. The van der Waals surface area contributed by atoms with E-state index in [1.54, 1.807) is 24.3 Å². The second kappa shape index (κ2) is 4.16. The van der Waals surface area contributed by atoms with Gasteiger partial charge in [-0.05, 0) is 26.0 Å². The smallest absolute Gasteiger partial charge is 0.245 e. The van der Waals surface area contributed by atoms with Crippen LogP contribution in [0.1, 0.15) is 12.5 Å². The van der Waals surface area contributed by atoms with Gasteiger partial charge in [-0.15, -0.1) is 0 Å². The highest BCUT2D eigenvalue weighted by Gasteiger charge is 2.33. The predicted molar refractivity (Wildman–Crippen MR) is 60.5 cm³/mol. The molecule has 0 aliphatic carbocycles. The van der Waals surface area contributed by atoms with Crippen molar-refractivity contribution in [2.75, 3.05) is 13.3 Å². The molecule has 0 N–H and O–H groups in total. The molecule has 1 fully saturated rings. The quantitative estimate of drug-likeness (QED) is 0.785. The fourth-order valence-electron chi connectivity index (χ4n) is 1.68. The molecule has 1 aromatic rings. The second-order valence-electron chi connectivity index (χ2n) is 4.05. The maximum absolute atomic E-state index is 12.2. The molecule has 16 heavy (non-hydrogen) atoms. The monoisotopic (exact) mass is 241 g/mol. The van der Waals surface area contributed by atoms with Gasteiger partial charge in [0.1, 0.15) is 6.73 Å². The average Bonchev–Trinajstić information content (AvgIpc) is 2.66. The molecule has 1 heterocycles. The first kappa shape index (κ1) is 11.6. The predicted octanol–water partition coefficient (Wildman–Crippen LogP) is 1.36. The summed E-state index contributed by atoms with van der Waals surface area (Å²) in [6, 6.07) is 6.78. The molecule has 1 aliphatic rings. The Morgan fingerprint density at radius 2 is 1.94 bits per heavy atom. The topological polar surface area (TPSA) is 46.6 Å². The Hall–Kier alpha value is -0.910. The number of rotatable bonds is 2. The van der Waals surface area contributed by atoms with Crippen LogP contribution in [0.15, 0.2) is 29.2 Å². The summed E-state index contributed by atoms with van der Waals surface area (Å²) in [5.74, 6) is 0. The van der Waals surface area contributed by atoms with E-state index >= 15 is 0 Å². The highest BCUT2D eigenvalue weighted by molar-refractivity contribution is 7.89. The van der Waals surface area contributed by atoms with Crippen LogP contribution in [0.5, 0.6) is 0 Å². The standard InChI is InChI=1S/C11H15NO3S/c1-9-3-5-11(6-4-9)16(13,14)12-8-15-7-10(12)2/h3-6,10H,7-8H2,1-2H3. The van der Waals surface area contributed by atoms with E-state index in [0.717, 1.165) is 5.56 Å². The van der Waals surface area contributed by atoms with Gasteiger partial charge >= 0.3 is 0 Å². The van der Waals surface area contributed by atoms with Gasteiger partial charge in [0.2, 0.25) is 10.0 Å². The molecule has 1 aliphatic heterocycles. The molecule has 88 valence electrons. The first-order valence-corrected chi connectivity index (χ1v) is 6.62. The summed E-state index contributed by atoms with van der Waals surface area (Å²) in [5, 5.41) is 0. The summed E-state index contributed by atoms with van der Waals surface area (Å²) in [5.41, 5.74) is 1.05. The first-order chi connectivity index (χ1) is 7.51. The van der Waals surface area contributed by atoms with Crippen LogP contribution in [0.2, 0.25) is 0 Å². The third kappa shape index (κ3) is 1.98. The first-order valence-electron chi connectivity index (χ1n) is 5.18. The molecule has 1 saturated heterocycles. The van der Waals surface area contributed by atoms with Crippen LogP contribution in [0, 0.1) is 6.92 Å². The van der Waals surface area contributed by atoms with Crippen molar-refractivity contribution in [2.45, 2.75) is 24.8 Å². The SMILES string of the molecule is Cc1ccc(S(=O)(=O)N2COCC2C)cc1. The van der Waals surface area contributed by atoms with E-state index in [0.29, 0.717) is 11.5 Å². The van der Waals surface area contributed by atoms with Crippen LogP contribution in [0.4, 0.5) is 0 Å². The van der Waals surface area contributed by atoms with E-state index in [9.17, 15) is 8.42 Å². The number of hydrogen-bond acceptors (Lipinski definition) is 3. The van der Waals surface area contributed by atoms with Gasteiger partial charge < -0.3 is 4.74 Å². The van der Waals surface area contributed by atoms with Crippen molar-refractivity contribution in [3.63, 3.8) is 0 Å². The van der Waals surface area contributed by atoms with Gasteiger partial charge in [0, 0.05) is 6.04 Å².